The molecular weight excluding hydrogens is 823 g/mol. The third-order valence-electron chi connectivity index (χ3n) is 14.2. The highest BCUT2D eigenvalue weighted by molar-refractivity contribution is 6.12. The second-order valence-corrected chi connectivity index (χ2v) is 18.1. The maximum Gasteiger partial charge on any atom is 0.0754 e. The molecule has 11 aromatic rings. The average Bonchev–Trinajstić information content (AvgIpc) is 3.69. The summed E-state index contributed by atoms with van der Waals surface area (Å²) < 4.78 is 0. The number of fused-ring (bicyclic) bond motifs is 13. The fourth-order valence-electron chi connectivity index (χ4n) is 11.1. The van der Waals surface area contributed by atoms with Crippen molar-refractivity contribution in [2.75, 3.05) is 10.6 Å². The Morgan fingerprint density at radius 3 is 1.59 bits per heavy atom. The minimum absolute atomic E-state index is 0.146. The summed E-state index contributed by atoms with van der Waals surface area (Å²) in [5, 5.41) is 4.97. The Hall–Kier alpha value is -8.50. The number of aryl methyl sites for hydroxylation is 1. The number of nitrogens with two attached hydrogens (primary N) is 2. The van der Waals surface area contributed by atoms with Crippen LogP contribution >= 0.6 is 0 Å². The van der Waals surface area contributed by atoms with Crippen LogP contribution in [-0.2, 0) is 5.41 Å². The van der Waals surface area contributed by atoms with Crippen LogP contribution in [0.15, 0.2) is 249 Å². The summed E-state index contributed by atoms with van der Waals surface area (Å²) in [6.07, 6.45) is 0. The van der Waals surface area contributed by atoms with Crippen LogP contribution in [-0.4, -0.2) is 0 Å². The molecule has 0 bridgehead atoms. The number of rotatable bonds is 5. The largest absolute Gasteiger partial charge is 0.398 e. The van der Waals surface area contributed by atoms with Crippen molar-refractivity contribution in [2.45, 2.75) is 18.4 Å². The van der Waals surface area contributed by atoms with Gasteiger partial charge in [0.1, 0.15) is 0 Å². The van der Waals surface area contributed by atoms with Gasteiger partial charge in [-0.15, -0.1) is 0 Å². The van der Waals surface area contributed by atoms with Gasteiger partial charge >= 0.3 is 0 Å². The first-order valence-corrected chi connectivity index (χ1v) is 23.5. The predicted octanol–water partition coefficient (Wildman–Crippen LogP) is 16.1. The highest BCUT2D eigenvalue weighted by atomic mass is 15.2. The molecule has 1 unspecified atom stereocenters. The molecule has 0 fully saturated rings. The van der Waals surface area contributed by atoms with Crippen molar-refractivity contribution in [3.8, 4) is 33.4 Å². The van der Waals surface area contributed by atoms with Crippen molar-refractivity contribution in [2.24, 2.45) is 5.73 Å². The third-order valence-corrected chi connectivity index (χ3v) is 14.2. The lowest BCUT2D eigenvalue weighted by molar-refractivity contribution is 0.757. The predicted molar refractivity (Wildman–Crippen MR) is 286 cm³/mol. The van der Waals surface area contributed by atoms with Gasteiger partial charge in [0, 0.05) is 22.1 Å². The standard InChI is InChI=1S/C52H35N.C13H14N2/c1-34-13-11-16-37(31-34)38-17-12-18-39(32-38)40-25-28-45-44-23-9-10-24-46(44)52(49(45)33-40)47-29-26-35-14-5-7-21-42(35)50(47)53(41-19-3-2-4-20-41)51-43-22-8-6-15-36(43)27-30-48(51)52;14-12-9-5-4-8-11(12)13(15)10-6-2-1-3-7-10/h2-33H,1H3;1-9,13H,14-15H2. The minimum Gasteiger partial charge on any atom is -0.398 e. The van der Waals surface area contributed by atoms with Crippen LogP contribution in [0.1, 0.15) is 45.0 Å². The SMILES string of the molecule is Cc1cccc(-c2cccc(-c3ccc4c(c3)C3(c5ccccc5-4)c4ccc5ccccc5c4N(c4ccccc4)c4c3ccc3ccccc43)c2)c1.Nc1ccccc1C(N)c1ccccc1. The number of nitrogens with zero attached hydrogens (tertiary/aromatic N) is 1. The fraction of sp³-hybridized carbons (Fsp3) is 0.0462. The maximum absolute atomic E-state index is 6.14. The van der Waals surface area contributed by atoms with Crippen molar-refractivity contribution in [1.29, 1.82) is 0 Å². The van der Waals surface area contributed by atoms with E-state index in [0.717, 1.165) is 22.5 Å². The van der Waals surface area contributed by atoms with Gasteiger partial charge in [-0.2, -0.15) is 0 Å². The van der Waals surface area contributed by atoms with E-state index in [0.29, 0.717) is 0 Å². The number of benzene rings is 11. The lowest BCUT2D eigenvalue weighted by atomic mass is 9.63. The Morgan fingerprint density at radius 2 is 0.926 bits per heavy atom. The van der Waals surface area contributed by atoms with Crippen LogP contribution in [0.5, 0.6) is 0 Å². The molecule has 0 saturated heterocycles. The minimum atomic E-state index is -0.555. The topological polar surface area (TPSA) is 55.3 Å². The highest BCUT2D eigenvalue weighted by Gasteiger charge is 2.52. The van der Waals surface area contributed by atoms with E-state index < -0.39 is 5.41 Å². The van der Waals surface area contributed by atoms with Gasteiger partial charge in [0.15, 0.2) is 0 Å². The highest BCUT2D eigenvalue weighted by Crippen LogP contribution is 2.65. The summed E-state index contributed by atoms with van der Waals surface area (Å²) in [5.41, 5.74) is 32.0. The van der Waals surface area contributed by atoms with Crippen LogP contribution < -0.4 is 16.4 Å². The Balaban J connectivity index is 0.000000274. The van der Waals surface area contributed by atoms with E-state index in [9.17, 15) is 0 Å². The zero-order valence-corrected chi connectivity index (χ0v) is 37.9. The maximum atomic E-state index is 6.14. The summed E-state index contributed by atoms with van der Waals surface area (Å²) >= 11 is 0. The molecule has 1 heterocycles. The van der Waals surface area contributed by atoms with E-state index in [2.05, 4.69) is 206 Å². The van der Waals surface area contributed by atoms with Crippen molar-refractivity contribution < 1.29 is 0 Å². The lowest BCUT2D eigenvalue weighted by Crippen LogP contribution is -2.36. The molecule has 0 amide bonds. The lowest BCUT2D eigenvalue weighted by Gasteiger charge is -2.46. The number of nitrogen functional groups attached to an aromatic ring is 1. The third kappa shape index (κ3) is 6.62. The van der Waals surface area contributed by atoms with Gasteiger partial charge in [0.05, 0.1) is 22.8 Å². The van der Waals surface area contributed by atoms with Crippen LogP contribution in [0.25, 0.3) is 54.9 Å². The average molecular weight is 872 g/mol. The van der Waals surface area contributed by atoms with Crippen molar-refractivity contribution in [3.63, 3.8) is 0 Å². The first-order chi connectivity index (χ1) is 33.5. The van der Waals surface area contributed by atoms with Crippen LogP contribution in [0.4, 0.5) is 22.7 Å². The Kier molecular flexibility index (Phi) is 10.1. The van der Waals surface area contributed by atoms with Gasteiger partial charge in [-0.05, 0) is 115 Å². The van der Waals surface area contributed by atoms with Crippen LogP contribution in [0, 0.1) is 6.92 Å². The van der Waals surface area contributed by atoms with Crippen LogP contribution in [0.3, 0.4) is 0 Å². The molecule has 1 spiro atoms. The molecule has 3 nitrogen and oxygen atoms in total. The monoisotopic (exact) mass is 871 g/mol. The molecule has 1 atom stereocenters. The summed E-state index contributed by atoms with van der Waals surface area (Å²) in [6, 6.07) is 89.9. The number of hydrogen-bond acceptors (Lipinski definition) is 3. The molecule has 11 aromatic carbocycles. The fourth-order valence-corrected chi connectivity index (χ4v) is 11.1. The second-order valence-electron chi connectivity index (χ2n) is 18.1. The summed E-state index contributed by atoms with van der Waals surface area (Å²) in [6.45, 7) is 2.16. The Bertz CT molecular complexity index is 3600. The van der Waals surface area contributed by atoms with Crippen LogP contribution in [0.2, 0.25) is 0 Å². The molecule has 0 radical (unpaired) electrons. The normalized spacial score (nSPS) is 13.2. The van der Waals surface area contributed by atoms with Gasteiger partial charge in [-0.25, -0.2) is 0 Å². The van der Waals surface area contributed by atoms with Gasteiger partial charge in [0.2, 0.25) is 0 Å². The zero-order chi connectivity index (χ0) is 45.8. The van der Waals surface area contributed by atoms with Crippen molar-refractivity contribution in [1.82, 2.24) is 0 Å². The summed E-state index contributed by atoms with van der Waals surface area (Å²) in [7, 11) is 0. The first kappa shape index (κ1) is 41.0. The molecule has 4 N–H and O–H groups in total. The smallest absolute Gasteiger partial charge is 0.0754 e. The van der Waals surface area contributed by atoms with Gasteiger partial charge in [-0.1, -0.05) is 224 Å². The number of hydrogen-bond donors (Lipinski definition) is 2. The molecule has 68 heavy (non-hydrogen) atoms. The second kappa shape index (κ2) is 16.7. The molecule has 13 rings (SSSR count). The molecule has 0 aromatic heterocycles. The Labute approximate surface area is 398 Å². The number of anilines is 4. The van der Waals surface area contributed by atoms with Gasteiger partial charge < -0.3 is 16.4 Å². The first-order valence-electron chi connectivity index (χ1n) is 23.5. The summed E-state index contributed by atoms with van der Waals surface area (Å²) in [4.78, 5) is 2.55. The van der Waals surface area contributed by atoms with E-state index in [-0.39, 0.29) is 6.04 Å². The van der Waals surface area contributed by atoms with Gasteiger partial charge in [0.25, 0.3) is 0 Å². The molecule has 324 valence electrons. The quantitative estimate of drug-likeness (QED) is 0.169. The van der Waals surface area contributed by atoms with Crippen molar-refractivity contribution >= 4 is 44.3 Å². The number of para-hydroxylation sites is 2. The van der Waals surface area contributed by atoms with E-state index >= 15 is 0 Å². The molecule has 0 saturated carbocycles. The molecule has 1 aliphatic heterocycles. The molecular formula is C65H49N3. The van der Waals surface area contributed by atoms with E-state index in [1.165, 1.54) is 94.1 Å². The van der Waals surface area contributed by atoms with Crippen molar-refractivity contribution in [3.05, 3.63) is 288 Å². The summed E-state index contributed by atoms with van der Waals surface area (Å²) in [5.74, 6) is 0. The van der Waals surface area contributed by atoms with E-state index in [4.69, 9.17) is 11.5 Å². The molecule has 3 heteroatoms. The molecule has 2 aliphatic rings. The zero-order valence-electron chi connectivity index (χ0n) is 37.9. The van der Waals surface area contributed by atoms with E-state index in [1.807, 2.05) is 54.6 Å². The van der Waals surface area contributed by atoms with E-state index in [1.54, 1.807) is 0 Å². The van der Waals surface area contributed by atoms with Gasteiger partial charge in [-0.3, -0.25) is 0 Å². The Morgan fingerprint density at radius 1 is 0.397 bits per heavy atom. The molecule has 1 aliphatic carbocycles.